The van der Waals surface area contributed by atoms with Crippen LogP contribution in [0.25, 0.3) is 10.8 Å². The van der Waals surface area contributed by atoms with E-state index in [2.05, 4.69) is 10.3 Å². The molecular weight excluding hydrogens is 300 g/mol. The van der Waals surface area contributed by atoms with Crippen molar-refractivity contribution in [3.05, 3.63) is 29.0 Å². The molecule has 22 heavy (non-hydrogen) atoms. The number of aliphatic hydroxyl groups excluding tert-OH is 1. The van der Waals surface area contributed by atoms with Gasteiger partial charge >= 0.3 is 0 Å². The van der Waals surface area contributed by atoms with Crippen LogP contribution in [0.1, 0.15) is 31.7 Å². The van der Waals surface area contributed by atoms with Gasteiger partial charge in [-0.3, -0.25) is 4.79 Å². The van der Waals surface area contributed by atoms with Crippen molar-refractivity contribution >= 4 is 17.2 Å². The van der Waals surface area contributed by atoms with E-state index in [9.17, 15) is 9.90 Å². The van der Waals surface area contributed by atoms with Crippen LogP contribution in [0.5, 0.6) is 0 Å². The van der Waals surface area contributed by atoms with Gasteiger partial charge in [0.15, 0.2) is 0 Å². The Morgan fingerprint density at radius 1 is 1.55 bits per heavy atom. The predicted octanol–water partition coefficient (Wildman–Crippen LogP) is 2.78. The molecule has 0 saturated carbocycles. The predicted molar refractivity (Wildman–Crippen MR) is 86.7 cm³/mol. The second-order valence-corrected chi connectivity index (χ2v) is 6.38. The number of carbonyl (C=O) groups excluding carboxylic acids is 1. The van der Waals surface area contributed by atoms with E-state index in [-0.39, 0.29) is 24.8 Å². The number of nitrogens with one attached hydrogen (secondary N) is 1. The standard InChI is InChI=1S/C16H22N2O3S/c1-4-10(2)13(19)9-17-15(20)8-12-11(3)21-16(18-12)14-6-5-7-22-14/h5-7,10,13,19H,4,8-9H2,1-3H3,(H,17,20). The maximum Gasteiger partial charge on any atom is 0.236 e. The average Bonchev–Trinajstić information content (AvgIpc) is 3.14. The third-order valence-electron chi connectivity index (χ3n) is 3.76. The Morgan fingerprint density at radius 2 is 2.32 bits per heavy atom. The summed E-state index contributed by atoms with van der Waals surface area (Å²) in [6, 6.07) is 3.87. The highest BCUT2D eigenvalue weighted by molar-refractivity contribution is 7.13. The van der Waals surface area contributed by atoms with Crippen molar-refractivity contribution in [2.45, 2.75) is 39.7 Å². The molecule has 0 aliphatic heterocycles. The first kappa shape index (κ1) is 16.7. The topological polar surface area (TPSA) is 75.4 Å². The van der Waals surface area contributed by atoms with Crippen LogP contribution >= 0.6 is 11.3 Å². The zero-order valence-corrected chi connectivity index (χ0v) is 13.9. The second-order valence-electron chi connectivity index (χ2n) is 5.43. The molecule has 2 rings (SSSR count). The molecule has 2 heterocycles. The summed E-state index contributed by atoms with van der Waals surface area (Å²) in [6.07, 6.45) is 0.520. The van der Waals surface area contributed by atoms with Crippen molar-refractivity contribution in [2.75, 3.05) is 6.54 Å². The summed E-state index contributed by atoms with van der Waals surface area (Å²) in [4.78, 5) is 17.3. The summed E-state index contributed by atoms with van der Waals surface area (Å²) in [5, 5.41) is 14.6. The number of rotatable bonds is 7. The van der Waals surface area contributed by atoms with Crippen LogP contribution in [0.2, 0.25) is 0 Å². The summed E-state index contributed by atoms with van der Waals surface area (Å²) in [5.41, 5.74) is 0.638. The number of thiophene rings is 1. The zero-order chi connectivity index (χ0) is 16.1. The van der Waals surface area contributed by atoms with Crippen LogP contribution in [0.4, 0.5) is 0 Å². The minimum Gasteiger partial charge on any atom is -0.440 e. The highest BCUT2D eigenvalue weighted by atomic mass is 32.1. The fraction of sp³-hybridized carbons (Fsp3) is 0.500. The lowest BCUT2D eigenvalue weighted by molar-refractivity contribution is -0.121. The van der Waals surface area contributed by atoms with Crippen LogP contribution < -0.4 is 5.32 Å². The minimum absolute atomic E-state index is 0.156. The number of nitrogens with zero attached hydrogens (tertiary/aromatic N) is 1. The van der Waals surface area contributed by atoms with Crippen LogP contribution in [0.15, 0.2) is 21.9 Å². The van der Waals surface area contributed by atoms with Crippen molar-refractivity contribution in [3.8, 4) is 10.8 Å². The van der Waals surface area contributed by atoms with E-state index in [1.807, 2.05) is 31.4 Å². The molecule has 120 valence electrons. The Kier molecular flexibility index (Phi) is 5.74. The molecule has 0 spiro atoms. The summed E-state index contributed by atoms with van der Waals surface area (Å²) < 4.78 is 5.61. The zero-order valence-electron chi connectivity index (χ0n) is 13.1. The smallest absolute Gasteiger partial charge is 0.236 e. The number of aromatic nitrogens is 1. The van der Waals surface area contributed by atoms with E-state index in [1.54, 1.807) is 18.3 Å². The Hall–Kier alpha value is -1.66. The second kappa shape index (κ2) is 7.56. The minimum atomic E-state index is -0.519. The normalized spacial score (nSPS) is 13.8. The van der Waals surface area contributed by atoms with Crippen LogP contribution in [-0.2, 0) is 11.2 Å². The number of amides is 1. The van der Waals surface area contributed by atoms with Crippen molar-refractivity contribution < 1.29 is 14.3 Å². The average molecular weight is 322 g/mol. The van der Waals surface area contributed by atoms with Crippen LogP contribution in [0, 0.1) is 12.8 Å². The molecule has 0 radical (unpaired) electrons. The third-order valence-corrected chi connectivity index (χ3v) is 4.62. The fourth-order valence-electron chi connectivity index (χ4n) is 2.00. The highest BCUT2D eigenvalue weighted by Crippen LogP contribution is 2.26. The first-order valence-corrected chi connectivity index (χ1v) is 8.34. The maximum atomic E-state index is 12.0. The van der Waals surface area contributed by atoms with E-state index in [1.165, 1.54) is 0 Å². The van der Waals surface area contributed by atoms with E-state index < -0.39 is 6.10 Å². The molecule has 2 unspecified atom stereocenters. The van der Waals surface area contributed by atoms with Gasteiger partial charge in [0.1, 0.15) is 5.76 Å². The maximum absolute atomic E-state index is 12.0. The molecule has 1 amide bonds. The van der Waals surface area contributed by atoms with Gasteiger partial charge in [-0.2, -0.15) is 0 Å². The van der Waals surface area contributed by atoms with Crippen LogP contribution in [-0.4, -0.2) is 28.6 Å². The van der Waals surface area contributed by atoms with Crippen molar-refractivity contribution in [3.63, 3.8) is 0 Å². The van der Waals surface area contributed by atoms with E-state index >= 15 is 0 Å². The fourth-order valence-corrected chi connectivity index (χ4v) is 2.65. The van der Waals surface area contributed by atoms with E-state index in [0.717, 1.165) is 11.3 Å². The van der Waals surface area contributed by atoms with Gasteiger partial charge in [0, 0.05) is 6.54 Å². The number of hydrogen-bond acceptors (Lipinski definition) is 5. The van der Waals surface area contributed by atoms with Gasteiger partial charge in [-0.1, -0.05) is 26.3 Å². The van der Waals surface area contributed by atoms with Crippen molar-refractivity contribution in [1.29, 1.82) is 0 Å². The molecule has 2 aromatic heterocycles. The van der Waals surface area contributed by atoms with Gasteiger partial charge < -0.3 is 14.8 Å². The third kappa shape index (κ3) is 4.18. The number of aryl methyl sites for hydroxylation is 1. The molecule has 5 nitrogen and oxygen atoms in total. The first-order chi connectivity index (χ1) is 10.5. The van der Waals surface area contributed by atoms with Gasteiger partial charge in [-0.05, 0) is 24.3 Å². The van der Waals surface area contributed by atoms with Gasteiger partial charge in [0.05, 0.1) is 23.1 Å². The molecule has 6 heteroatoms. The molecule has 0 bridgehead atoms. The number of hydrogen-bond donors (Lipinski definition) is 2. The molecule has 0 aliphatic carbocycles. The summed E-state index contributed by atoms with van der Waals surface area (Å²) >= 11 is 1.55. The van der Waals surface area contributed by atoms with Gasteiger partial charge in [-0.15, -0.1) is 11.3 Å². The summed E-state index contributed by atoms with van der Waals surface area (Å²) in [5.74, 6) is 1.21. The summed E-state index contributed by atoms with van der Waals surface area (Å²) in [6.45, 7) is 6.05. The number of oxazole rings is 1. The van der Waals surface area contributed by atoms with Gasteiger partial charge in [0.25, 0.3) is 0 Å². The largest absolute Gasteiger partial charge is 0.440 e. The quantitative estimate of drug-likeness (QED) is 0.822. The molecule has 0 aliphatic rings. The molecule has 0 saturated heterocycles. The highest BCUT2D eigenvalue weighted by Gasteiger charge is 2.17. The monoisotopic (exact) mass is 322 g/mol. The Bertz CT molecular complexity index is 607. The molecule has 2 N–H and O–H groups in total. The van der Waals surface area contributed by atoms with Crippen molar-refractivity contribution in [1.82, 2.24) is 10.3 Å². The lowest BCUT2D eigenvalue weighted by atomic mass is 10.0. The first-order valence-electron chi connectivity index (χ1n) is 7.46. The van der Waals surface area contributed by atoms with Gasteiger partial charge in [0.2, 0.25) is 11.8 Å². The molecule has 2 atom stereocenters. The number of carbonyl (C=O) groups is 1. The summed E-state index contributed by atoms with van der Waals surface area (Å²) in [7, 11) is 0. The molecular formula is C16H22N2O3S. The molecule has 2 aromatic rings. The van der Waals surface area contributed by atoms with E-state index in [4.69, 9.17) is 4.42 Å². The van der Waals surface area contributed by atoms with Crippen molar-refractivity contribution in [2.24, 2.45) is 5.92 Å². The molecule has 0 aromatic carbocycles. The van der Waals surface area contributed by atoms with E-state index in [0.29, 0.717) is 17.3 Å². The SMILES string of the molecule is CCC(C)C(O)CNC(=O)Cc1nc(-c2cccs2)oc1C. The lowest BCUT2D eigenvalue weighted by Gasteiger charge is -2.17. The van der Waals surface area contributed by atoms with Crippen LogP contribution in [0.3, 0.4) is 0 Å². The Morgan fingerprint density at radius 3 is 2.95 bits per heavy atom. The Labute approximate surface area is 134 Å². The van der Waals surface area contributed by atoms with Gasteiger partial charge in [-0.25, -0.2) is 4.98 Å². The Balaban J connectivity index is 1.92. The number of aliphatic hydroxyl groups is 1. The molecule has 0 fully saturated rings. The lowest BCUT2D eigenvalue weighted by Crippen LogP contribution is -2.36.